The molecule has 22 heavy (non-hydrogen) atoms. The molecule has 0 atom stereocenters. The Morgan fingerprint density at radius 1 is 1.05 bits per heavy atom. The zero-order valence-electron chi connectivity index (χ0n) is 12.8. The summed E-state index contributed by atoms with van der Waals surface area (Å²) in [6.07, 6.45) is -0.231. The number of rotatable bonds is 5. The molecule has 0 unspecified atom stereocenters. The van der Waals surface area contributed by atoms with E-state index in [2.05, 4.69) is 15.9 Å². The molecule has 116 valence electrons. The molecule has 0 saturated heterocycles. The van der Waals surface area contributed by atoms with E-state index in [1.807, 2.05) is 68.4 Å². The van der Waals surface area contributed by atoms with Crippen LogP contribution in [0.4, 0.5) is 4.79 Å². The Hall–Kier alpha value is -1.81. The molecule has 2 aromatic rings. The van der Waals surface area contributed by atoms with Crippen LogP contribution < -0.4 is 0 Å². The number of carboxylic acid groups (broad SMARTS) is 1. The third-order valence-corrected chi connectivity index (χ3v) is 4.22. The second-order valence-corrected chi connectivity index (χ2v) is 6.89. The van der Waals surface area contributed by atoms with E-state index < -0.39 is 11.6 Å². The molecule has 0 heterocycles. The van der Waals surface area contributed by atoms with Gasteiger partial charge < -0.3 is 5.11 Å². The van der Waals surface area contributed by atoms with Crippen LogP contribution in [0, 0.1) is 0 Å². The van der Waals surface area contributed by atoms with Crippen molar-refractivity contribution in [3.8, 4) is 0 Å². The van der Waals surface area contributed by atoms with E-state index in [1.165, 1.54) is 4.90 Å². The second-order valence-electron chi connectivity index (χ2n) is 5.97. The number of nitrogens with zero attached hydrogens (tertiary/aromatic N) is 1. The minimum Gasteiger partial charge on any atom is -0.465 e. The van der Waals surface area contributed by atoms with Gasteiger partial charge >= 0.3 is 6.09 Å². The summed E-state index contributed by atoms with van der Waals surface area (Å²) in [4.78, 5) is 13.2. The van der Waals surface area contributed by atoms with Crippen molar-refractivity contribution in [1.29, 1.82) is 0 Å². The Bertz CT molecular complexity index is 623. The fourth-order valence-electron chi connectivity index (χ4n) is 2.50. The highest BCUT2D eigenvalue weighted by Crippen LogP contribution is 2.24. The predicted molar refractivity (Wildman–Crippen MR) is 91.9 cm³/mol. The second kappa shape index (κ2) is 6.97. The summed E-state index contributed by atoms with van der Waals surface area (Å²) in [7, 11) is 0. The van der Waals surface area contributed by atoms with Crippen molar-refractivity contribution in [2.75, 3.05) is 0 Å². The van der Waals surface area contributed by atoms with Crippen molar-refractivity contribution in [2.45, 2.75) is 32.4 Å². The van der Waals surface area contributed by atoms with Gasteiger partial charge in [-0.05, 0) is 43.5 Å². The van der Waals surface area contributed by atoms with E-state index in [4.69, 9.17) is 0 Å². The number of benzene rings is 2. The quantitative estimate of drug-likeness (QED) is 0.818. The van der Waals surface area contributed by atoms with E-state index >= 15 is 0 Å². The minimum absolute atomic E-state index is 0.389. The number of halogens is 1. The van der Waals surface area contributed by atoms with E-state index in [9.17, 15) is 9.90 Å². The van der Waals surface area contributed by atoms with Gasteiger partial charge in [0.1, 0.15) is 0 Å². The minimum atomic E-state index is -0.897. The molecular weight excluding hydrogens is 342 g/mol. The molecule has 2 rings (SSSR count). The number of amides is 1. The van der Waals surface area contributed by atoms with Crippen LogP contribution in [0.3, 0.4) is 0 Å². The van der Waals surface area contributed by atoms with Crippen LogP contribution in [0.15, 0.2) is 59.1 Å². The molecule has 4 heteroatoms. The summed E-state index contributed by atoms with van der Waals surface area (Å²) in [6, 6.07) is 17.7. The van der Waals surface area contributed by atoms with Gasteiger partial charge in [0.15, 0.2) is 0 Å². The van der Waals surface area contributed by atoms with Gasteiger partial charge in [-0.3, -0.25) is 4.90 Å². The molecule has 0 aliphatic rings. The first kappa shape index (κ1) is 16.6. The van der Waals surface area contributed by atoms with Crippen LogP contribution >= 0.6 is 15.9 Å². The lowest BCUT2D eigenvalue weighted by atomic mass is 9.92. The Kier molecular flexibility index (Phi) is 5.24. The van der Waals surface area contributed by atoms with Crippen molar-refractivity contribution < 1.29 is 9.90 Å². The van der Waals surface area contributed by atoms with Gasteiger partial charge in [0, 0.05) is 16.6 Å². The van der Waals surface area contributed by atoms with Crippen LogP contribution in [0.1, 0.15) is 25.0 Å². The van der Waals surface area contributed by atoms with Gasteiger partial charge in [0.25, 0.3) is 0 Å². The molecule has 3 nitrogen and oxygen atoms in total. The van der Waals surface area contributed by atoms with Crippen LogP contribution in [-0.4, -0.2) is 21.6 Å². The Morgan fingerprint density at radius 2 is 1.64 bits per heavy atom. The monoisotopic (exact) mass is 361 g/mol. The van der Waals surface area contributed by atoms with E-state index in [0.717, 1.165) is 15.6 Å². The zero-order chi connectivity index (χ0) is 16.2. The van der Waals surface area contributed by atoms with Crippen molar-refractivity contribution >= 4 is 22.0 Å². The summed E-state index contributed by atoms with van der Waals surface area (Å²) in [5.41, 5.74) is 1.62. The van der Waals surface area contributed by atoms with Gasteiger partial charge in [-0.2, -0.15) is 0 Å². The molecule has 0 spiro atoms. The zero-order valence-corrected chi connectivity index (χ0v) is 14.4. The summed E-state index contributed by atoms with van der Waals surface area (Å²) in [5, 5.41) is 9.61. The van der Waals surface area contributed by atoms with E-state index in [0.29, 0.717) is 13.0 Å². The summed E-state index contributed by atoms with van der Waals surface area (Å²) >= 11 is 3.42. The lowest BCUT2D eigenvalue weighted by molar-refractivity contribution is 0.0871. The van der Waals surface area contributed by atoms with Crippen molar-refractivity contribution in [2.24, 2.45) is 0 Å². The molecule has 1 N–H and O–H groups in total. The topological polar surface area (TPSA) is 40.5 Å². The SMILES string of the molecule is CC(C)(Cc1ccc(Br)cc1)N(Cc1ccccc1)C(=O)O. The standard InChI is InChI=1S/C18H20BrNO2/c1-18(2,12-14-8-10-16(19)11-9-14)20(17(21)22)13-15-6-4-3-5-7-15/h3-11H,12-13H2,1-2H3,(H,21,22). The lowest BCUT2D eigenvalue weighted by Gasteiger charge is -2.37. The fraction of sp³-hybridized carbons (Fsp3) is 0.278. The highest BCUT2D eigenvalue weighted by atomic mass is 79.9. The van der Waals surface area contributed by atoms with Gasteiger partial charge in [-0.25, -0.2) is 4.79 Å². The number of hydrogen-bond donors (Lipinski definition) is 1. The molecule has 0 aromatic heterocycles. The van der Waals surface area contributed by atoms with Crippen LogP contribution in [0.5, 0.6) is 0 Å². The molecule has 0 aliphatic heterocycles. The third-order valence-electron chi connectivity index (χ3n) is 3.70. The van der Waals surface area contributed by atoms with Gasteiger partial charge in [0.2, 0.25) is 0 Å². The Balaban J connectivity index is 2.18. The Labute approximate surface area is 139 Å². The van der Waals surface area contributed by atoms with Crippen LogP contribution in [0.2, 0.25) is 0 Å². The first-order valence-electron chi connectivity index (χ1n) is 7.17. The lowest BCUT2D eigenvalue weighted by Crippen LogP contribution is -2.48. The summed E-state index contributed by atoms with van der Waals surface area (Å²) < 4.78 is 1.02. The fourth-order valence-corrected chi connectivity index (χ4v) is 2.77. The molecule has 0 saturated carbocycles. The molecular formula is C18H20BrNO2. The number of hydrogen-bond acceptors (Lipinski definition) is 1. The predicted octanol–water partition coefficient (Wildman–Crippen LogP) is 4.95. The normalized spacial score (nSPS) is 11.2. The molecule has 0 bridgehead atoms. The summed E-state index contributed by atoms with van der Waals surface area (Å²) in [5.74, 6) is 0. The molecule has 0 radical (unpaired) electrons. The molecule has 2 aromatic carbocycles. The molecule has 0 aliphatic carbocycles. The Morgan fingerprint density at radius 3 is 2.18 bits per heavy atom. The maximum Gasteiger partial charge on any atom is 0.408 e. The smallest absolute Gasteiger partial charge is 0.408 e. The summed E-state index contributed by atoms with van der Waals surface area (Å²) in [6.45, 7) is 4.32. The van der Waals surface area contributed by atoms with Crippen molar-refractivity contribution in [3.63, 3.8) is 0 Å². The van der Waals surface area contributed by atoms with E-state index in [1.54, 1.807) is 0 Å². The van der Waals surface area contributed by atoms with Gasteiger partial charge in [0.05, 0.1) is 0 Å². The largest absolute Gasteiger partial charge is 0.465 e. The molecule has 0 fully saturated rings. The first-order valence-corrected chi connectivity index (χ1v) is 7.97. The van der Waals surface area contributed by atoms with Crippen LogP contribution in [0.25, 0.3) is 0 Å². The first-order chi connectivity index (χ1) is 10.4. The molecule has 1 amide bonds. The maximum absolute atomic E-state index is 11.7. The average molecular weight is 362 g/mol. The van der Waals surface area contributed by atoms with Gasteiger partial charge in [-0.1, -0.05) is 58.4 Å². The maximum atomic E-state index is 11.7. The third kappa shape index (κ3) is 4.34. The highest BCUT2D eigenvalue weighted by molar-refractivity contribution is 9.10. The van der Waals surface area contributed by atoms with E-state index in [-0.39, 0.29) is 0 Å². The average Bonchev–Trinajstić information content (AvgIpc) is 2.47. The van der Waals surface area contributed by atoms with Gasteiger partial charge in [-0.15, -0.1) is 0 Å². The van der Waals surface area contributed by atoms with Crippen LogP contribution in [-0.2, 0) is 13.0 Å². The van der Waals surface area contributed by atoms with Crippen molar-refractivity contribution in [3.05, 3.63) is 70.2 Å². The number of carbonyl (C=O) groups is 1. The highest BCUT2D eigenvalue weighted by Gasteiger charge is 2.31. The van der Waals surface area contributed by atoms with Crippen molar-refractivity contribution in [1.82, 2.24) is 4.90 Å².